The second-order valence-corrected chi connectivity index (χ2v) is 5.74. The lowest BCUT2D eigenvalue weighted by atomic mass is 9.78. The Kier molecular flexibility index (Phi) is 3.56. The van der Waals surface area contributed by atoms with Gasteiger partial charge >= 0.3 is 0 Å². The van der Waals surface area contributed by atoms with Gasteiger partial charge in [-0.2, -0.15) is 0 Å². The molecule has 0 aromatic heterocycles. The Balaban J connectivity index is 2.04. The number of rotatable bonds is 3. The molecule has 0 amide bonds. The largest absolute Gasteiger partial charge is 0.327 e. The number of hydrogen-bond donors (Lipinski definition) is 1. The van der Waals surface area contributed by atoms with Crippen molar-refractivity contribution in [3.05, 3.63) is 34.9 Å². The van der Waals surface area contributed by atoms with Crippen molar-refractivity contribution in [2.45, 2.75) is 45.1 Å². The van der Waals surface area contributed by atoms with Crippen LogP contribution in [0.2, 0.25) is 5.02 Å². The Hall–Kier alpha value is -0.530. The van der Waals surface area contributed by atoms with Gasteiger partial charge in [-0.15, -0.1) is 0 Å². The Morgan fingerprint density at radius 1 is 1.38 bits per heavy atom. The van der Waals surface area contributed by atoms with Crippen LogP contribution < -0.4 is 5.73 Å². The van der Waals surface area contributed by atoms with Gasteiger partial charge in [-0.25, -0.2) is 0 Å². The van der Waals surface area contributed by atoms with Crippen LogP contribution >= 0.6 is 11.6 Å². The van der Waals surface area contributed by atoms with Gasteiger partial charge in [0.2, 0.25) is 0 Å². The van der Waals surface area contributed by atoms with E-state index in [0.29, 0.717) is 5.41 Å². The highest BCUT2D eigenvalue weighted by Crippen LogP contribution is 2.40. The molecule has 2 rings (SSSR count). The van der Waals surface area contributed by atoms with Gasteiger partial charge in [-0.05, 0) is 42.4 Å². The van der Waals surface area contributed by atoms with Gasteiger partial charge < -0.3 is 5.73 Å². The van der Waals surface area contributed by atoms with Crippen molar-refractivity contribution < 1.29 is 0 Å². The summed E-state index contributed by atoms with van der Waals surface area (Å²) in [5, 5.41) is 0.807. The molecule has 88 valence electrons. The molecule has 1 aliphatic rings. The van der Waals surface area contributed by atoms with E-state index in [1.807, 2.05) is 18.2 Å². The fraction of sp³-hybridized carbons (Fsp3) is 0.571. The smallest absolute Gasteiger partial charge is 0.0408 e. The second-order valence-electron chi connectivity index (χ2n) is 5.30. The van der Waals surface area contributed by atoms with Crippen LogP contribution in [-0.4, -0.2) is 6.04 Å². The predicted molar refractivity (Wildman–Crippen MR) is 69.7 cm³/mol. The molecule has 2 N–H and O–H groups in total. The van der Waals surface area contributed by atoms with E-state index in [9.17, 15) is 0 Å². The maximum atomic E-state index is 6.35. The zero-order valence-electron chi connectivity index (χ0n) is 9.88. The van der Waals surface area contributed by atoms with E-state index >= 15 is 0 Å². The quantitative estimate of drug-likeness (QED) is 0.851. The first-order valence-electron chi connectivity index (χ1n) is 6.10. The number of halogens is 1. The average molecular weight is 238 g/mol. The zero-order valence-corrected chi connectivity index (χ0v) is 10.6. The summed E-state index contributed by atoms with van der Waals surface area (Å²) in [6.07, 6.45) is 6.15. The molecule has 0 radical (unpaired) electrons. The minimum Gasteiger partial charge on any atom is -0.327 e. The fourth-order valence-electron chi connectivity index (χ4n) is 2.72. The lowest BCUT2D eigenvalue weighted by Gasteiger charge is -2.31. The molecule has 0 aliphatic heterocycles. The van der Waals surface area contributed by atoms with Crippen molar-refractivity contribution in [2.75, 3.05) is 0 Å². The van der Waals surface area contributed by atoms with Gasteiger partial charge in [0.15, 0.2) is 0 Å². The van der Waals surface area contributed by atoms with E-state index in [0.717, 1.165) is 11.4 Å². The molecule has 0 saturated heterocycles. The fourth-order valence-corrected chi connectivity index (χ4v) is 2.93. The van der Waals surface area contributed by atoms with Gasteiger partial charge in [0.1, 0.15) is 0 Å². The summed E-state index contributed by atoms with van der Waals surface area (Å²) in [7, 11) is 0. The third-order valence-electron chi connectivity index (χ3n) is 3.99. The van der Waals surface area contributed by atoms with Crippen LogP contribution in [0, 0.1) is 5.41 Å². The average Bonchev–Trinajstić information content (AvgIpc) is 2.66. The molecule has 1 nitrogen and oxygen atoms in total. The van der Waals surface area contributed by atoms with Gasteiger partial charge in [0.25, 0.3) is 0 Å². The minimum absolute atomic E-state index is 0.258. The molecule has 0 bridgehead atoms. The Morgan fingerprint density at radius 3 is 2.69 bits per heavy atom. The summed E-state index contributed by atoms with van der Waals surface area (Å²) < 4.78 is 0. The molecule has 1 atom stereocenters. The van der Waals surface area contributed by atoms with E-state index < -0.39 is 0 Å². The molecule has 1 fully saturated rings. The maximum absolute atomic E-state index is 6.35. The highest BCUT2D eigenvalue weighted by atomic mass is 35.5. The van der Waals surface area contributed by atoms with E-state index in [2.05, 4.69) is 13.0 Å². The summed E-state index contributed by atoms with van der Waals surface area (Å²) in [6, 6.07) is 8.31. The summed E-state index contributed by atoms with van der Waals surface area (Å²) in [5.41, 5.74) is 7.95. The van der Waals surface area contributed by atoms with Crippen LogP contribution in [-0.2, 0) is 6.42 Å². The molecule has 1 aliphatic carbocycles. The topological polar surface area (TPSA) is 26.0 Å². The van der Waals surface area contributed by atoms with Crippen molar-refractivity contribution in [3.8, 4) is 0 Å². The first kappa shape index (κ1) is 11.9. The van der Waals surface area contributed by atoms with Crippen LogP contribution in [0.15, 0.2) is 24.3 Å². The molecule has 1 aromatic rings. The third kappa shape index (κ3) is 2.58. The molecular weight excluding hydrogens is 218 g/mol. The SMILES string of the molecule is CC1(C(N)Cc2cccc(Cl)c2)CCCC1. The second kappa shape index (κ2) is 4.77. The predicted octanol–water partition coefficient (Wildman–Crippen LogP) is 3.79. The van der Waals surface area contributed by atoms with Crippen LogP contribution in [0.5, 0.6) is 0 Å². The zero-order chi connectivity index (χ0) is 11.6. The van der Waals surface area contributed by atoms with Crippen molar-refractivity contribution in [3.63, 3.8) is 0 Å². The number of hydrogen-bond acceptors (Lipinski definition) is 1. The van der Waals surface area contributed by atoms with Crippen LogP contribution in [0.4, 0.5) is 0 Å². The van der Waals surface area contributed by atoms with E-state index in [1.54, 1.807) is 0 Å². The van der Waals surface area contributed by atoms with E-state index in [1.165, 1.54) is 31.2 Å². The summed E-state index contributed by atoms with van der Waals surface area (Å²) >= 11 is 5.98. The molecule has 16 heavy (non-hydrogen) atoms. The van der Waals surface area contributed by atoms with Crippen molar-refractivity contribution in [1.29, 1.82) is 0 Å². The normalized spacial score (nSPS) is 20.9. The van der Waals surface area contributed by atoms with Gasteiger partial charge in [-0.3, -0.25) is 0 Å². The van der Waals surface area contributed by atoms with Crippen LogP contribution in [0.3, 0.4) is 0 Å². The van der Waals surface area contributed by atoms with Gasteiger partial charge in [-0.1, -0.05) is 43.5 Å². The van der Waals surface area contributed by atoms with Gasteiger partial charge in [0.05, 0.1) is 0 Å². The molecule has 0 heterocycles. The summed E-state index contributed by atoms with van der Waals surface area (Å²) in [5.74, 6) is 0. The Morgan fingerprint density at radius 2 is 2.06 bits per heavy atom. The summed E-state index contributed by atoms with van der Waals surface area (Å²) in [4.78, 5) is 0. The van der Waals surface area contributed by atoms with Crippen LogP contribution in [0.1, 0.15) is 38.2 Å². The molecule has 0 spiro atoms. The lowest BCUT2D eigenvalue weighted by Crippen LogP contribution is -2.39. The Bertz CT molecular complexity index is 356. The molecule has 1 aromatic carbocycles. The Labute approximate surface area is 103 Å². The molecule has 2 heteroatoms. The van der Waals surface area contributed by atoms with Crippen molar-refractivity contribution in [2.24, 2.45) is 11.1 Å². The first-order chi connectivity index (χ1) is 7.60. The van der Waals surface area contributed by atoms with Crippen molar-refractivity contribution >= 4 is 11.6 Å². The minimum atomic E-state index is 0.258. The number of benzene rings is 1. The first-order valence-corrected chi connectivity index (χ1v) is 6.48. The third-order valence-corrected chi connectivity index (χ3v) is 4.22. The van der Waals surface area contributed by atoms with Crippen LogP contribution in [0.25, 0.3) is 0 Å². The summed E-state index contributed by atoms with van der Waals surface area (Å²) in [6.45, 7) is 2.33. The highest BCUT2D eigenvalue weighted by molar-refractivity contribution is 6.30. The van der Waals surface area contributed by atoms with Crippen molar-refractivity contribution in [1.82, 2.24) is 0 Å². The van der Waals surface area contributed by atoms with E-state index in [-0.39, 0.29) is 6.04 Å². The molecular formula is C14H20ClN. The molecule has 1 unspecified atom stereocenters. The lowest BCUT2D eigenvalue weighted by molar-refractivity contribution is 0.260. The molecule has 1 saturated carbocycles. The monoisotopic (exact) mass is 237 g/mol. The standard InChI is InChI=1S/C14H20ClN/c1-14(7-2-3-8-14)13(16)10-11-5-4-6-12(15)9-11/h4-6,9,13H,2-3,7-8,10,16H2,1H3. The maximum Gasteiger partial charge on any atom is 0.0408 e. The van der Waals surface area contributed by atoms with Gasteiger partial charge in [0, 0.05) is 11.1 Å². The van der Waals surface area contributed by atoms with E-state index in [4.69, 9.17) is 17.3 Å². The number of nitrogens with two attached hydrogens (primary N) is 1. The highest BCUT2D eigenvalue weighted by Gasteiger charge is 2.34.